The zero-order chi connectivity index (χ0) is 14.1. The van der Waals surface area contributed by atoms with Crippen molar-refractivity contribution in [2.75, 3.05) is 18.0 Å². The van der Waals surface area contributed by atoms with Gasteiger partial charge in [0, 0.05) is 18.7 Å². The number of hydrogen-bond acceptors (Lipinski definition) is 3. The molecule has 2 aliphatic heterocycles. The van der Waals surface area contributed by atoms with Gasteiger partial charge in [-0.3, -0.25) is 9.69 Å². The third-order valence-corrected chi connectivity index (χ3v) is 4.14. The SMILES string of the molecule is O=C(O)[C@@H]1Cc2ccccc2N1C(=O)C1CCCNC1. The van der Waals surface area contributed by atoms with E-state index < -0.39 is 12.0 Å². The van der Waals surface area contributed by atoms with Crippen molar-refractivity contribution < 1.29 is 14.7 Å². The highest BCUT2D eigenvalue weighted by Crippen LogP contribution is 2.34. The molecule has 0 bridgehead atoms. The lowest BCUT2D eigenvalue weighted by atomic mass is 9.97. The van der Waals surface area contributed by atoms with Gasteiger partial charge in [0.1, 0.15) is 6.04 Å². The molecule has 0 spiro atoms. The van der Waals surface area contributed by atoms with Crippen LogP contribution in [0, 0.1) is 5.92 Å². The molecule has 20 heavy (non-hydrogen) atoms. The summed E-state index contributed by atoms with van der Waals surface area (Å²) in [5.74, 6) is -1.11. The monoisotopic (exact) mass is 274 g/mol. The number of piperidine rings is 1. The van der Waals surface area contributed by atoms with Crippen molar-refractivity contribution in [3.05, 3.63) is 29.8 Å². The van der Waals surface area contributed by atoms with E-state index in [0.29, 0.717) is 13.0 Å². The third kappa shape index (κ3) is 2.18. The number of para-hydroxylation sites is 1. The van der Waals surface area contributed by atoms with Gasteiger partial charge in [-0.15, -0.1) is 0 Å². The van der Waals surface area contributed by atoms with Gasteiger partial charge in [-0.25, -0.2) is 4.79 Å². The van der Waals surface area contributed by atoms with Crippen molar-refractivity contribution in [3.8, 4) is 0 Å². The summed E-state index contributed by atoms with van der Waals surface area (Å²) in [5, 5.41) is 12.6. The summed E-state index contributed by atoms with van der Waals surface area (Å²) < 4.78 is 0. The Labute approximate surface area is 117 Å². The lowest BCUT2D eigenvalue weighted by Crippen LogP contribution is -2.48. The Morgan fingerprint density at radius 3 is 2.80 bits per heavy atom. The number of carboxylic acids is 1. The minimum atomic E-state index is -0.932. The number of benzene rings is 1. The van der Waals surface area contributed by atoms with Crippen molar-refractivity contribution in [2.45, 2.75) is 25.3 Å². The number of nitrogens with one attached hydrogen (secondary N) is 1. The van der Waals surface area contributed by atoms with E-state index in [-0.39, 0.29) is 11.8 Å². The van der Waals surface area contributed by atoms with E-state index in [9.17, 15) is 14.7 Å². The molecule has 106 valence electrons. The Kier molecular flexibility index (Phi) is 3.44. The lowest BCUT2D eigenvalue weighted by molar-refractivity contribution is -0.140. The molecular weight excluding hydrogens is 256 g/mol. The van der Waals surface area contributed by atoms with Crippen LogP contribution in [0.4, 0.5) is 5.69 Å². The van der Waals surface area contributed by atoms with Gasteiger partial charge in [0.15, 0.2) is 0 Å². The molecule has 2 atom stereocenters. The maximum atomic E-state index is 12.7. The molecule has 1 aromatic rings. The second-order valence-corrected chi connectivity index (χ2v) is 5.44. The summed E-state index contributed by atoms with van der Waals surface area (Å²) in [6.07, 6.45) is 2.19. The second-order valence-electron chi connectivity index (χ2n) is 5.44. The van der Waals surface area contributed by atoms with Gasteiger partial charge in [0.05, 0.1) is 5.92 Å². The molecule has 3 rings (SSSR count). The molecule has 1 unspecified atom stereocenters. The number of rotatable bonds is 2. The molecule has 1 amide bonds. The van der Waals surface area contributed by atoms with Crippen molar-refractivity contribution in [1.82, 2.24) is 5.32 Å². The van der Waals surface area contributed by atoms with Gasteiger partial charge in [-0.2, -0.15) is 0 Å². The smallest absolute Gasteiger partial charge is 0.327 e. The van der Waals surface area contributed by atoms with Crippen LogP contribution < -0.4 is 10.2 Å². The summed E-state index contributed by atoms with van der Waals surface area (Å²) in [6.45, 7) is 1.58. The molecule has 0 aromatic heterocycles. The highest BCUT2D eigenvalue weighted by molar-refractivity contribution is 6.03. The number of nitrogens with zero attached hydrogens (tertiary/aromatic N) is 1. The first-order valence-corrected chi connectivity index (χ1v) is 7.03. The highest BCUT2D eigenvalue weighted by atomic mass is 16.4. The fraction of sp³-hybridized carbons (Fsp3) is 0.467. The number of amides is 1. The van der Waals surface area contributed by atoms with E-state index in [4.69, 9.17) is 0 Å². The van der Waals surface area contributed by atoms with Crippen LogP contribution in [0.15, 0.2) is 24.3 Å². The van der Waals surface area contributed by atoms with Crippen LogP contribution in [0.25, 0.3) is 0 Å². The van der Waals surface area contributed by atoms with Gasteiger partial charge in [-0.1, -0.05) is 18.2 Å². The number of aliphatic carboxylic acids is 1. The van der Waals surface area contributed by atoms with E-state index >= 15 is 0 Å². The van der Waals surface area contributed by atoms with E-state index in [1.54, 1.807) is 0 Å². The minimum absolute atomic E-state index is 0.0606. The Morgan fingerprint density at radius 2 is 2.10 bits per heavy atom. The minimum Gasteiger partial charge on any atom is -0.480 e. The fourth-order valence-corrected chi connectivity index (χ4v) is 3.12. The first-order valence-electron chi connectivity index (χ1n) is 7.03. The number of fused-ring (bicyclic) bond motifs is 1. The van der Waals surface area contributed by atoms with Gasteiger partial charge in [-0.05, 0) is 31.0 Å². The molecule has 2 N–H and O–H groups in total. The normalized spacial score (nSPS) is 25.3. The number of carbonyl (C=O) groups is 2. The van der Waals surface area contributed by atoms with Crippen molar-refractivity contribution in [2.24, 2.45) is 5.92 Å². The average molecular weight is 274 g/mol. The number of carboxylic acid groups (broad SMARTS) is 1. The lowest BCUT2D eigenvalue weighted by Gasteiger charge is -2.29. The van der Waals surface area contributed by atoms with Gasteiger partial charge < -0.3 is 10.4 Å². The molecular formula is C15H18N2O3. The van der Waals surface area contributed by atoms with Crippen LogP contribution in [0.2, 0.25) is 0 Å². The standard InChI is InChI=1S/C15H18N2O3/c18-14(11-5-3-7-16-9-11)17-12-6-2-1-4-10(12)8-13(17)15(19)20/h1-2,4,6,11,13,16H,3,5,7-9H2,(H,19,20)/t11?,13-/m0/s1. The molecule has 1 aromatic carbocycles. The Morgan fingerprint density at radius 1 is 1.30 bits per heavy atom. The van der Waals surface area contributed by atoms with Gasteiger partial charge in [0.2, 0.25) is 5.91 Å². The summed E-state index contributed by atoms with van der Waals surface area (Å²) in [6, 6.07) is 6.71. The average Bonchev–Trinajstić information content (AvgIpc) is 2.87. The first kappa shape index (κ1) is 13.1. The van der Waals surface area contributed by atoms with Crippen LogP contribution in [-0.2, 0) is 16.0 Å². The molecule has 0 saturated carbocycles. The number of hydrogen-bond donors (Lipinski definition) is 2. The maximum absolute atomic E-state index is 12.7. The predicted octanol–water partition coefficient (Wildman–Crippen LogP) is 1.03. The Balaban J connectivity index is 1.91. The van der Waals surface area contributed by atoms with Crippen LogP contribution in [0.1, 0.15) is 18.4 Å². The summed E-state index contributed by atoms with van der Waals surface area (Å²) in [5.41, 5.74) is 1.70. The topological polar surface area (TPSA) is 69.6 Å². The molecule has 2 aliphatic rings. The Bertz CT molecular complexity index is 538. The van der Waals surface area contributed by atoms with Crippen molar-refractivity contribution in [1.29, 1.82) is 0 Å². The molecule has 5 nitrogen and oxygen atoms in total. The van der Waals surface area contributed by atoms with E-state index in [2.05, 4.69) is 5.32 Å². The van der Waals surface area contributed by atoms with Crippen molar-refractivity contribution in [3.63, 3.8) is 0 Å². The quantitative estimate of drug-likeness (QED) is 0.845. The fourth-order valence-electron chi connectivity index (χ4n) is 3.12. The molecule has 1 fully saturated rings. The third-order valence-electron chi connectivity index (χ3n) is 4.14. The number of anilines is 1. The highest BCUT2D eigenvalue weighted by Gasteiger charge is 2.40. The van der Waals surface area contributed by atoms with Gasteiger partial charge in [0.25, 0.3) is 0 Å². The van der Waals surface area contributed by atoms with E-state index in [1.165, 1.54) is 4.90 Å². The number of carbonyl (C=O) groups excluding carboxylic acids is 1. The summed E-state index contributed by atoms with van der Waals surface area (Å²) in [7, 11) is 0. The zero-order valence-electron chi connectivity index (χ0n) is 11.2. The van der Waals surface area contributed by atoms with Crippen LogP contribution in [0.5, 0.6) is 0 Å². The predicted molar refractivity (Wildman–Crippen MR) is 74.6 cm³/mol. The van der Waals surface area contributed by atoms with Crippen LogP contribution in [-0.4, -0.2) is 36.1 Å². The van der Waals surface area contributed by atoms with Crippen LogP contribution in [0.3, 0.4) is 0 Å². The zero-order valence-corrected chi connectivity index (χ0v) is 11.2. The maximum Gasteiger partial charge on any atom is 0.327 e. The molecule has 1 saturated heterocycles. The first-order chi connectivity index (χ1) is 9.68. The summed E-state index contributed by atoms with van der Waals surface area (Å²) in [4.78, 5) is 25.7. The largest absolute Gasteiger partial charge is 0.480 e. The molecule has 0 aliphatic carbocycles. The molecule has 5 heteroatoms. The van der Waals surface area contributed by atoms with E-state index in [1.807, 2.05) is 24.3 Å². The van der Waals surface area contributed by atoms with E-state index in [0.717, 1.165) is 30.6 Å². The van der Waals surface area contributed by atoms with Crippen LogP contribution >= 0.6 is 0 Å². The van der Waals surface area contributed by atoms with Gasteiger partial charge >= 0.3 is 5.97 Å². The second kappa shape index (κ2) is 5.25. The Hall–Kier alpha value is -1.88. The summed E-state index contributed by atoms with van der Waals surface area (Å²) >= 11 is 0. The van der Waals surface area contributed by atoms with Crippen molar-refractivity contribution >= 4 is 17.6 Å². The molecule has 2 heterocycles. The molecule has 0 radical (unpaired) electrons.